The summed E-state index contributed by atoms with van der Waals surface area (Å²) in [4.78, 5) is 12.5. The molecule has 2 rings (SSSR count). The van der Waals surface area contributed by atoms with Gasteiger partial charge in [-0.3, -0.25) is 9.52 Å². The summed E-state index contributed by atoms with van der Waals surface area (Å²) in [5.74, 6) is 0.487. The van der Waals surface area contributed by atoms with Gasteiger partial charge >= 0.3 is 0 Å². The summed E-state index contributed by atoms with van der Waals surface area (Å²) < 4.78 is 39.4. The molecular weight excluding hydrogens is 392 g/mol. The van der Waals surface area contributed by atoms with Crippen molar-refractivity contribution in [2.75, 3.05) is 17.9 Å². The molecule has 0 fully saturated rings. The van der Waals surface area contributed by atoms with E-state index in [9.17, 15) is 13.2 Å². The molecule has 0 aliphatic heterocycles. The molecular formula is C21H28N2O5S. The van der Waals surface area contributed by atoms with Crippen LogP contribution < -0.4 is 19.5 Å². The van der Waals surface area contributed by atoms with E-state index >= 15 is 0 Å². The first-order valence-electron chi connectivity index (χ1n) is 9.64. The molecule has 0 aliphatic carbocycles. The zero-order valence-corrected chi connectivity index (χ0v) is 18.0. The van der Waals surface area contributed by atoms with Crippen LogP contribution in [0.25, 0.3) is 0 Å². The molecule has 0 saturated carbocycles. The number of anilines is 1. The molecule has 0 aromatic heterocycles. The second kappa shape index (κ2) is 10.2. The smallest absolute Gasteiger partial charge is 0.262 e. The minimum absolute atomic E-state index is 0.0153. The fourth-order valence-electron chi connectivity index (χ4n) is 2.58. The van der Waals surface area contributed by atoms with Crippen molar-refractivity contribution in [2.45, 2.75) is 45.1 Å². The quantitative estimate of drug-likeness (QED) is 0.610. The van der Waals surface area contributed by atoms with Gasteiger partial charge in [0.2, 0.25) is 0 Å². The van der Waals surface area contributed by atoms with Crippen LogP contribution in [-0.2, 0) is 10.0 Å². The molecule has 0 radical (unpaired) electrons. The molecule has 0 aliphatic rings. The number of hydrogen-bond donors (Lipinski definition) is 2. The number of carbonyl (C=O) groups is 1. The monoisotopic (exact) mass is 420 g/mol. The largest absolute Gasteiger partial charge is 0.490 e. The average Bonchev–Trinajstić information content (AvgIpc) is 2.69. The van der Waals surface area contributed by atoms with Crippen LogP contribution in [0.4, 0.5) is 5.69 Å². The average molecular weight is 421 g/mol. The lowest BCUT2D eigenvalue weighted by molar-refractivity contribution is 0.0940. The van der Waals surface area contributed by atoms with Crippen LogP contribution in [0.2, 0.25) is 0 Å². The van der Waals surface area contributed by atoms with E-state index in [0.29, 0.717) is 24.7 Å². The van der Waals surface area contributed by atoms with Crippen molar-refractivity contribution in [1.29, 1.82) is 0 Å². The summed E-state index contributed by atoms with van der Waals surface area (Å²) in [5.41, 5.74) is 0.465. The number of ether oxygens (including phenoxy) is 2. The summed E-state index contributed by atoms with van der Waals surface area (Å²) >= 11 is 0. The van der Waals surface area contributed by atoms with Gasteiger partial charge in [-0.25, -0.2) is 8.42 Å². The third-order valence-electron chi connectivity index (χ3n) is 4.23. The summed E-state index contributed by atoms with van der Waals surface area (Å²) in [6.45, 7) is 8.30. The fourth-order valence-corrected chi connectivity index (χ4v) is 3.67. The van der Waals surface area contributed by atoms with Gasteiger partial charge in [0.05, 0.1) is 29.4 Å². The molecule has 2 N–H and O–H groups in total. The van der Waals surface area contributed by atoms with E-state index in [1.165, 1.54) is 12.1 Å². The van der Waals surface area contributed by atoms with Crippen molar-refractivity contribution in [1.82, 2.24) is 5.32 Å². The molecule has 1 atom stereocenters. The highest BCUT2D eigenvalue weighted by molar-refractivity contribution is 7.92. The van der Waals surface area contributed by atoms with Crippen molar-refractivity contribution >= 4 is 21.6 Å². The number of para-hydroxylation sites is 1. The number of hydrogen-bond acceptors (Lipinski definition) is 5. The number of amides is 1. The Kier molecular flexibility index (Phi) is 7.90. The fraction of sp³-hybridized carbons (Fsp3) is 0.381. The molecule has 2 aromatic rings. The minimum atomic E-state index is -3.94. The topological polar surface area (TPSA) is 93.7 Å². The van der Waals surface area contributed by atoms with Crippen LogP contribution in [0.1, 0.15) is 44.5 Å². The minimum Gasteiger partial charge on any atom is -0.490 e. The predicted octanol–water partition coefficient (Wildman–Crippen LogP) is 3.81. The standard InChI is InChI=1S/C21H28N2O5S/c1-5-15(4)22-21(24)17-10-8-9-11-18(17)23-29(25,26)16-12-13-19(27-6-2)20(14-16)28-7-3/h8-15,23H,5-7H2,1-4H3,(H,22,24)/t15-/m0/s1. The highest BCUT2D eigenvalue weighted by atomic mass is 32.2. The normalized spacial score (nSPS) is 12.1. The summed E-state index contributed by atoms with van der Waals surface area (Å²) in [6.07, 6.45) is 0.770. The van der Waals surface area contributed by atoms with Crippen LogP contribution in [0.3, 0.4) is 0 Å². The maximum absolute atomic E-state index is 12.9. The Hall–Kier alpha value is -2.74. The van der Waals surface area contributed by atoms with Gasteiger partial charge < -0.3 is 14.8 Å². The Morgan fingerprint density at radius 1 is 1.00 bits per heavy atom. The maximum atomic E-state index is 12.9. The summed E-state index contributed by atoms with van der Waals surface area (Å²) in [5, 5.41) is 2.85. The van der Waals surface area contributed by atoms with Gasteiger partial charge in [0, 0.05) is 12.1 Å². The van der Waals surface area contributed by atoms with Gasteiger partial charge in [-0.2, -0.15) is 0 Å². The Labute approximate surface area is 172 Å². The Bertz CT molecular complexity index is 944. The van der Waals surface area contributed by atoms with Gasteiger partial charge in [-0.15, -0.1) is 0 Å². The first kappa shape index (κ1) is 22.5. The first-order valence-corrected chi connectivity index (χ1v) is 11.1. The molecule has 0 unspecified atom stereocenters. The van der Waals surface area contributed by atoms with Crippen molar-refractivity contribution in [3.05, 3.63) is 48.0 Å². The second-order valence-electron chi connectivity index (χ2n) is 6.41. The molecule has 2 aromatic carbocycles. The lowest BCUT2D eigenvalue weighted by Crippen LogP contribution is -2.32. The highest BCUT2D eigenvalue weighted by Gasteiger charge is 2.21. The van der Waals surface area contributed by atoms with Crippen molar-refractivity contribution in [3.63, 3.8) is 0 Å². The van der Waals surface area contributed by atoms with E-state index in [1.54, 1.807) is 37.3 Å². The van der Waals surface area contributed by atoms with Crippen molar-refractivity contribution in [3.8, 4) is 11.5 Å². The zero-order chi connectivity index (χ0) is 21.4. The van der Waals surface area contributed by atoms with Gasteiger partial charge in [-0.05, 0) is 51.5 Å². The maximum Gasteiger partial charge on any atom is 0.262 e. The van der Waals surface area contributed by atoms with Gasteiger partial charge in [-0.1, -0.05) is 19.1 Å². The third-order valence-corrected chi connectivity index (χ3v) is 5.59. The molecule has 0 heterocycles. The van der Waals surface area contributed by atoms with Crippen LogP contribution in [-0.4, -0.2) is 33.6 Å². The van der Waals surface area contributed by atoms with E-state index in [1.807, 2.05) is 20.8 Å². The number of benzene rings is 2. The lowest BCUT2D eigenvalue weighted by atomic mass is 10.1. The summed E-state index contributed by atoms with van der Waals surface area (Å²) in [7, 11) is -3.94. The lowest BCUT2D eigenvalue weighted by Gasteiger charge is -2.16. The molecule has 7 nitrogen and oxygen atoms in total. The Morgan fingerprint density at radius 2 is 1.66 bits per heavy atom. The number of nitrogens with one attached hydrogen (secondary N) is 2. The van der Waals surface area contributed by atoms with Gasteiger partial charge in [0.1, 0.15) is 0 Å². The zero-order valence-electron chi connectivity index (χ0n) is 17.2. The molecule has 158 valence electrons. The van der Waals surface area contributed by atoms with Gasteiger partial charge in [0.25, 0.3) is 15.9 Å². The highest BCUT2D eigenvalue weighted by Crippen LogP contribution is 2.31. The molecule has 1 amide bonds. The SMILES string of the molecule is CCOc1ccc(S(=O)(=O)Nc2ccccc2C(=O)N[C@@H](C)CC)cc1OCC. The van der Waals surface area contributed by atoms with E-state index in [4.69, 9.17) is 9.47 Å². The second-order valence-corrected chi connectivity index (χ2v) is 8.09. The van der Waals surface area contributed by atoms with Crippen LogP contribution >= 0.6 is 0 Å². The molecule has 29 heavy (non-hydrogen) atoms. The number of carbonyl (C=O) groups excluding carboxylic acids is 1. The van der Waals surface area contributed by atoms with Crippen LogP contribution in [0, 0.1) is 0 Å². The third kappa shape index (κ3) is 5.87. The number of rotatable bonds is 10. The van der Waals surface area contributed by atoms with Crippen LogP contribution in [0.15, 0.2) is 47.4 Å². The summed E-state index contributed by atoms with van der Waals surface area (Å²) in [6, 6.07) is 10.9. The van der Waals surface area contributed by atoms with E-state index in [0.717, 1.165) is 6.42 Å². The Morgan fingerprint density at radius 3 is 2.31 bits per heavy atom. The van der Waals surface area contributed by atoms with E-state index < -0.39 is 10.0 Å². The molecule has 8 heteroatoms. The molecule has 0 spiro atoms. The first-order chi connectivity index (χ1) is 13.8. The molecule has 0 bridgehead atoms. The van der Waals surface area contributed by atoms with Crippen molar-refractivity contribution < 1.29 is 22.7 Å². The number of sulfonamides is 1. The van der Waals surface area contributed by atoms with Gasteiger partial charge in [0.15, 0.2) is 11.5 Å². The van der Waals surface area contributed by atoms with Crippen LogP contribution in [0.5, 0.6) is 11.5 Å². The predicted molar refractivity (Wildman–Crippen MR) is 113 cm³/mol. The van der Waals surface area contributed by atoms with Crippen molar-refractivity contribution in [2.24, 2.45) is 0 Å². The van der Waals surface area contributed by atoms with E-state index in [2.05, 4.69) is 10.0 Å². The molecule has 0 saturated heterocycles. The van der Waals surface area contributed by atoms with E-state index in [-0.39, 0.29) is 28.1 Å². The Balaban J connectivity index is 2.35.